The number of aliphatic hydroxyl groups excluding tert-OH is 6. The molecule has 0 radical (unpaired) electrons. The minimum atomic E-state index is -1.71. The van der Waals surface area contributed by atoms with Crippen LogP contribution in [0.25, 0.3) is 0 Å². The number of carbonyl (C=O) groups is 1. The molecule has 2 bridgehead atoms. The third-order valence-corrected chi connectivity index (χ3v) is 11.3. The van der Waals surface area contributed by atoms with Gasteiger partial charge in [-0.3, -0.25) is 4.79 Å². The average molecular weight is 515 g/mol. The van der Waals surface area contributed by atoms with Gasteiger partial charge in [-0.2, -0.15) is 0 Å². The van der Waals surface area contributed by atoms with E-state index in [-0.39, 0.29) is 35.2 Å². The Labute approximate surface area is 211 Å². The molecule has 1 aliphatic heterocycles. The molecule has 1 heterocycles. The van der Waals surface area contributed by atoms with Gasteiger partial charge >= 0.3 is 5.97 Å². The molecule has 0 aromatic heterocycles. The number of hydrogen-bond donors (Lipinski definition) is 7. The molecule has 1 saturated heterocycles. The molecule has 206 valence electrons. The lowest BCUT2D eigenvalue weighted by Gasteiger charge is -2.64. The summed E-state index contributed by atoms with van der Waals surface area (Å²) in [5.74, 6) is -0.651. The Balaban J connectivity index is 1.41. The highest BCUT2D eigenvalue weighted by molar-refractivity contribution is 5.78. The van der Waals surface area contributed by atoms with Crippen molar-refractivity contribution in [3.05, 3.63) is 0 Å². The number of fused-ring (bicyclic) bond motifs is 3. The van der Waals surface area contributed by atoms with Crippen LogP contribution in [-0.4, -0.2) is 97.3 Å². The second-order valence-corrected chi connectivity index (χ2v) is 12.9. The maximum Gasteiger partial charge on any atom is 0.317 e. The minimum absolute atomic E-state index is 0.0793. The number of aliphatic hydroxyl groups is 7. The second kappa shape index (κ2) is 8.84. The fourth-order valence-electron chi connectivity index (χ4n) is 9.39. The highest BCUT2D eigenvalue weighted by Gasteiger charge is 2.70. The van der Waals surface area contributed by atoms with Crippen molar-refractivity contribution < 1.29 is 50.0 Å². The van der Waals surface area contributed by atoms with E-state index in [1.54, 1.807) is 6.92 Å². The summed E-state index contributed by atoms with van der Waals surface area (Å²) in [7, 11) is 0. The van der Waals surface area contributed by atoms with Gasteiger partial charge < -0.3 is 45.2 Å². The summed E-state index contributed by atoms with van der Waals surface area (Å²) >= 11 is 0. The molecular formula is C26H42O10. The van der Waals surface area contributed by atoms with Gasteiger partial charge in [0.15, 0.2) is 0 Å². The number of rotatable bonds is 4. The van der Waals surface area contributed by atoms with E-state index in [2.05, 4.69) is 6.92 Å². The van der Waals surface area contributed by atoms with E-state index in [1.165, 1.54) is 0 Å². The minimum Gasteiger partial charge on any atom is -0.432 e. The molecule has 36 heavy (non-hydrogen) atoms. The summed E-state index contributed by atoms with van der Waals surface area (Å²) in [5.41, 5.74) is -2.75. The molecule has 13 atom stereocenters. The van der Waals surface area contributed by atoms with Crippen molar-refractivity contribution in [3.63, 3.8) is 0 Å². The molecule has 4 saturated carbocycles. The van der Waals surface area contributed by atoms with Gasteiger partial charge in [-0.25, -0.2) is 0 Å². The highest BCUT2D eigenvalue weighted by atomic mass is 16.7. The zero-order chi connectivity index (χ0) is 26.3. The first-order valence-corrected chi connectivity index (χ1v) is 13.4. The van der Waals surface area contributed by atoms with Gasteiger partial charge in [0.25, 0.3) is 0 Å². The molecule has 0 aromatic carbocycles. The molecule has 1 spiro atoms. The van der Waals surface area contributed by atoms with E-state index in [0.29, 0.717) is 19.3 Å². The van der Waals surface area contributed by atoms with Crippen molar-refractivity contribution in [2.75, 3.05) is 13.2 Å². The monoisotopic (exact) mass is 514 g/mol. The van der Waals surface area contributed by atoms with Crippen molar-refractivity contribution in [1.82, 2.24) is 0 Å². The lowest BCUT2D eigenvalue weighted by atomic mass is 9.40. The van der Waals surface area contributed by atoms with Gasteiger partial charge in [0.1, 0.15) is 24.4 Å². The van der Waals surface area contributed by atoms with Crippen LogP contribution < -0.4 is 0 Å². The molecule has 5 aliphatic rings. The largest absolute Gasteiger partial charge is 0.432 e. The van der Waals surface area contributed by atoms with E-state index in [0.717, 1.165) is 32.1 Å². The second-order valence-electron chi connectivity index (χ2n) is 12.9. The van der Waals surface area contributed by atoms with E-state index < -0.39 is 60.4 Å². The molecule has 5 fully saturated rings. The summed E-state index contributed by atoms with van der Waals surface area (Å²) in [4.78, 5) is 13.7. The first-order valence-electron chi connectivity index (χ1n) is 13.4. The predicted octanol–water partition coefficient (Wildman–Crippen LogP) is -0.563. The van der Waals surface area contributed by atoms with Gasteiger partial charge in [0.05, 0.1) is 30.3 Å². The Bertz CT molecular complexity index is 868. The summed E-state index contributed by atoms with van der Waals surface area (Å²) in [5, 5.41) is 72.3. The Kier molecular flexibility index (Phi) is 6.57. The Morgan fingerprint density at radius 3 is 2.33 bits per heavy atom. The summed E-state index contributed by atoms with van der Waals surface area (Å²) in [6.07, 6.45) is -3.00. The third-order valence-electron chi connectivity index (χ3n) is 11.3. The molecule has 0 aromatic rings. The molecule has 10 nitrogen and oxygen atoms in total. The smallest absolute Gasteiger partial charge is 0.317 e. The van der Waals surface area contributed by atoms with Crippen LogP contribution in [0.3, 0.4) is 0 Å². The lowest BCUT2D eigenvalue weighted by molar-refractivity contribution is -0.300. The normalized spacial score (nSPS) is 56.5. The van der Waals surface area contributed by atoms with Crippen LogP contribution in [0.2, 0.25) is 0 Å². The van der Waals surface area contributed by atoms with Crippen molar-refractivity contribution in [2.24, 2.45) is 34.0 Å². The van der Waals surface area contributed by atoms with Crippen LogP contribution in [0.4, 0.5) is 0 Å². The van der Waals surface area contributed by atoms with Crippen LogP contribution in [-0.2, 0) is 14.3 Å². The van der Waals surface area contributed by atoms with Gasteiger partial charge in [-0.05, 0) is 86.9 Å². The van der Waals surface area contributed by atoms with Crippen LogP contribution in [0.15, 0.2) is 0 Å². The summed E-state index contributed by atoms with van der Waals surface area (Å²) in [6, 6.07) is 0. The van der Waals surface area contributed by atoms with E-state index in [4.69, 9.17) is 9.47 Å². The Morgan fingerprint density at radius 2 is 1.67 bits per heavy atom. The third kappa shape index (κ3) is 3.56. The van der Waals surface area contributed by atoms with Crippen molar-refractivity contribution in [2.45, 2.75) is 108 Å². The van der Waals surface area contributed by atoms with E-state index in [9.17, 15) is 40.5 Å². The molecule has 5 rings (SSSR count). The molecular weight excluding hydrogens is 472 g/mol. The van der Waals surface area contributed by atoms with Crippen LogP contribution in [0.1, 0.15) is 65.2 Å². The maximum absolute atomic E-state index is 13.7. The molecule has 0 amide bonds. The van der Waals surface area contributed by atoms with Crippen molar-refractivity contribution >= 4 is 5.97 Å². The van der Waals surface area contributed by atoms with Crippen molar-refractivity contribution in [1.29, 1.82) is 0 Å². The van der Waals surface area contributed by atoms with Crippen LogP contribution in [0.5, 0.6) is 0 Å². The number of ether oxygens (including phenoxy) is 2. The van der Waals surface area contributed by atoms with E-state index >= 15 is 0 Å². The number of hydrogen-bond acceptors (Lipinski definition) is 10. The van der Waals surface area contributed by atoms with Crippen molar-refractivity contribution in [3.8, 4) is 0 Å². The first kappa shape index (κ1) is 26.7. The van der Waals surface area contributed by atoms with Gasteiger partial charge in [-0.15, -0.1) is 0 Å². The Morgan fingerprint density at radius 1 is 0.944 bits per heavy atom. The van der Waals surface area contributed by atoms with Gasteiger partial charge in [-0.1, -0.05) is 6.92 Å². The average Bonchev–Trinajstić information content (AvgIpc) is 3.06. The summed E-state index contributed by atoms with van der Waals surface area (Å²) in [6.45, 7) is 3.01. The zero-order valence-electron chi connectivity index (χ0n) is 21.1. The maximum atomic E-state index is 13.7. The zero-order valence-corrected chi connectivity index (χ0v) is 21.1. The van der Waals surface area contributed by atoms with Gasteiger partial charge in [0, 0.05) is 0 Å². The summed E-state index contributed by atoms with van der Waals surface area (Å²) < 4.78 is 11.0. The van der Waals surface area contributed by atoms with E-state index in [1.807, 2.05) is 0 Å². The standard InChI is InChI=1S/C26H42O10/c1-23-7-6-17(29)24(2,22(33)36-21-20(32)19(31)18(30)14(10-27)35-21)15(23)5-8-25-9-13(3-4-16(23)25)26(34,11-25)12-28/h13-21,27-32,34H,3-12H2,1-2H3. The lowest BCUT2D eigenvalue weighted by Crippen LogP contribution is -2.64. The predicted molar refractivity (Wildman–Crippen MR) is 124 cm³/mol. The van der Waals surface area contributed by atoms with Crippen LogP contribution in [0, 0.1) is 34.0 Å². The quantitative estimate of drug-likeness (QED) is 0.241. The van der Waals surface area contributed by atoms with Crippen LogP contribution >= 0.6 is 0 Å². The first-order chi connectivity index (χ1) is 16.9. The SMILES string of the molecule is CC12CCC(O)C(C)(C(=O)OC3OC(CO)C(O)C(O)C3O)C1CCC13CC(CCC12)C(O)(CO)C3. The highest BCUT2D eigenvalue weighted by Crippen LogP contribution is 2.73. The molecule has 4 aliphatic carbocycles. The molecule has 7 N–H and O–H groups in total. The molecule has 10 heteroatoms. The Hall–Kier alpha value is -0.850. The fraction of sp³-hybridized carbons (Fsp3) is 0.962. The number of carbonyl (C=O) groups excluding carboxylic acids is 1. The molecule has 13 unspecified atom stereocenters. The van der Waals surface area contributed by atoms with Gasteiger partial charge in [0.2, 0.25) is 6.29 Å². The topological polar surface area (TPSA) is 177 Å². The number of esters is 1. The fourth-order valence-corrected chi connectivity index (χ4v) is 9.39.